The highest BCUT2D eigenvalue weighted by molar-refractivity contribution is 7.89. The zero-order valence-corrected chi connectivity index (χ0v) is 13.8. The molecule has 0 radical (unpaired) electrons. The molecule has 1 saturated heterocycles. The second-order valence-electron chi connectivity index (χ2n) is 5.24. The zero-order valence-electron chi connectivity index (χ0n) is 12.3. The van der Waals surface area contributed by atoms with Gasteiger partial charge in [-0.05, 0) is 18.2 Å². The quantitative estimate of drug-likeness (QED) is 0.819. The maximum atomic E-state index is 13.1. The lowest BCUT2D eigenvalue weighted by atomic mass is 10.1. The minimum atomic E-state index is -3.95. The molecule has 0 atom stereocenters. The van der Waals surface area contributed by atoms with E-state index in [1.807, 2.05) is 0 Å². The van der Waals surface area contributed by atoms with Crippen molar-refractivity contribution in [1.29, 1.82) is 0 Å². The van der Waals surface area contributed by atoms with Gasteiger partial charge in [0.25, 0.3) is 0 Å². The maximum absolute atomic E-state index is 13.1. The third kappa shape index (κ3) is 3.40. The Labute approximate surface area is 142 Å². The van der Waals surface area contributed by atoms with Gasteiger partial charge >= 0.3 is 0 Å². The van der Waals surface area contributed by atoms with Crippen LogP contribution in [0.1, 0.15) is 6.04 Å². The summed E-state index contributed by atoms with van der Waals surface area (Å²) in [6.07, 6.45) is 3.25. The van der Waals surface area contributed by atoms with Crippen LogP contribution in [-0.2, 0) is 14.8 Å². The molecule has 1 N–H and O–H groups in total. The van der Waals surface area contributed by atoms with Crippen molar-refractivity contribution in [1.82, 2.24) is 24.6 Å². The van der Waals surface area contributed by atoms with E-state index >= 15 is 0 Å². The first-order valence-corrected chi connectivity index (χ1v) is 8.81. The van der Waals surface area contributed by atoms with Crippen molar-refractivity contribution in [3.8, 4) is 0 Å². The fraction of sp³-hybridized carbons (Fsp3) is 0.308. The average molecular weight is 374 g/mol. The Morgan fingerprint density at radius 1 is 1.42 bits per heavy atom. The first kappa shape index (κ1) is 16.8. The molecule has 1 aliphatic heterocycles. The lowest BCUT2D eigenvalue weighted by Crippen LogP contribution is -2.53. The van der Waals surface area contributed by atoms with Gasteiger partial charge in [0.15, 0.2) is 0 Å². The van der Waals surface area contributed by atoms with E-state index in [1.165, 1.54) is 4.90 Å². The number of amides is 1. The van der Waals surface area contributed by atoms with Gasteiger partial charge in [-0.1, -0.05) is 16.8 Å². The SMILES string of the molecule is O=C(CNS(=O)(=O)c1ccc(F)c(Cl)c1)N1CC(n2ccnn2)C1. The van der Waals surface area contributed by atoms with E-state index in [4.69, 9.17) is 11.6 Å². The summed E-state index contributed by atoms with van der Waals surface area (Å²) in [5.74, 6) is -1.07. The monoisotopic (exact) mass is 373 g/mol. The average Bonchev–Trinajstić information content (AvgIpc) is 3.00. The summed E-state index contributed by atoms with van der Waals surface area (Å²) >= 11 is 5.57. The Hall–Kier alpha value is -2.04. The van der Waals surface area contributed by atoms with Crippen LogP contribution >= 0.6 is 11.6 Å². The molecule has 0 unspecified atom stereocenters. The van der Waals surface area contributed by atoms with Crippen molar-refractivity contribution in [2.24, 2.45) is 0 Å². The van der Waals surface area contributed by atoms with Crippen LogP contribution in [0.2, 0.25) is 5.02 Å². The normalized spacial score (nSPS) is 15.3. The molecule has 128 valence electrons. The molecule has 0 spiro atoms. The lowest BCUT2D eigenvalue weighted by Gasteiger charge is -2.38. The molecule has 1 aliphatic rings. The van der Waals surface area contributed by atoms with Crippen molar-refractivity contribution >= 4 is 27.5 Å². The van der Waals surface area contributed by atoms with Crippen LogP contribution in [0.4, 0.5) is 4.39 Å². The summed E-state index contributed by atoms with van der Waals surface area (Å²) in [5, 5.41) is 7.23. The van der Waals surface area contributed by atoms with Crippen LogP contribution in [0.15, 0.2) is 35.5 Å². The number of carbonyl (C=O) groups is 1. The van der Waals surface area contributed by atoms with Gasteiger partial charge in [0.2, 0.25) is 15.9 Å². The number of halogens is 2. The molecule has 8 nitrogen and oxygen atoms in total. The van der Waals surface area contributed by atoms with Crippen molar-refractivity contribution in [3.05, 3.63) is 41.4 Å². The minimum absolute atomic E-state index is 0.0453. The summed E-state index contributed by atoms with van der Waals surface area (Å²) in [6, 6.07) is 3.08. The van der Waals surface area contributed by atoms with Crippen LogP contribution in [-0.4, -0.2) is 53.9 Å². The first-order chi connectivity index (χ1) is 11.4. The fourth-order valence-corrected chi connectivity index (χ4v) is 3.48. The van der Waals surface area contributed by atoms with Crippen LogP contribution in [0, 0.1) is 5.82 Å². The largest absolute Gasteiger partial charge is 0.337 e. The second-order valence-corrected chi connectivity index (χ2v) is 7.41. The minimum Gasteiger partial charge on any atom is -0.337 e. The number of carbonyl (C=O) groups excluding carboxylic acids is 1. The Morgan fingerprint density at radius 2 is 2.17 bits per heavy atom. The molecule has 0 bridgehead atoms. The molecule has 11 heteroatoms. The van der Waals surface area contributed by atoms with E-state index in [0.717, 1.165) is 18.2 Å². The molecule has 2 aromatic rings. The zero-order chi connectivity index (χ0) is 17.3. The number of hydrogen-bond acceptors (Lipinski definition) is 5. The first-order valence-electron chi connectivity index (χ1n) is 6.95. The summed E-state index contributed by atoms with van der Waals surface area (Å²) in [5.41, 5.74) is 0. The lowest BCUT2D eigenvalue weighted by molar-refractivity contribution is -0.135. The van der Waals surface area contributed by atoms with Crippen molar-refractivity contribution in [3.63, 3.8) is 0 Å². The predicted molar refractivity (Wildman–Crippen MR) is 82.2 cm³/mol. The molecule has 1 fully saturated rings. The molecule has 0 aliphatic carbocycles. The number of nitrogens with one attached hydrogen (secondary N) is 1. The molecule has 2 heterocycles. The van der Waals surface area contributed by atoms with Crippen LogP contribution in [0.5, 0.6) is 0 Å². The van der Waals surface area contributed by atoms with Gasteiger partial charge in [-0.15, -0.1) is 5.10 Å². The summed E-state index contributed by atoms with van der Waals surface area (Å²) in [7, 11) is -3.95. The molecule has 1 aromatic carbocycles. The van der Waals surface area contributed by atoms with Crippen LogP contribution < -0.4 is 4.72 Å². The van der Waals surface area contributed by atoms with Gasteiger partial charge in [-0.2, -0.15) is 0 Å². The van der Waals surface area contributed by atoms with Crippen LogP contribution in [0.3, 0.4) is 0 Å². The van der Waals surface area contributed by atoms with Crippen LogP contribution in [0.25, 0.3) is 0 Å². The highest BCUT2D eigenvalue weighted by Crippen LogP contribution is 2.21. The number of likely N-dealkylation sites (tertiary alicyclic amines) is 1. The molecule has 1 aromatic heterocycles. The van der Waals surface area contributed by atoms with E-state index in [0.29, 0.717) is 13.1 Å². The Balaban J connectivity index is 1.55. The predicted octanol–water partition coefficient (Wildman–Crippen LogP) is 0.432. The van der Waals surface area contributed by atoms with Gasteiger partial charge in [0.1, 0.15) is 5.82 Å². The van der Waals surface area contributed by atoms with E-state index in [9.17, 15) is 17.6 Å². The molecule has 3 rings (SSSR count). The Bertz CT molecular complexity index is 852. The summed E-state index contributed by atoms with van der Waals surface area (Å²) in [6.45, 7) is 0.486. The third-order valence-electron chi connectivity index (χ3n) is 3.64. The molecule has 0 saturated carbocycles. The number of benzene rings is 1. The number of aromatic nitrogens is 3. The van der Waals surface area contributed by atoms with Gasteiger partial charge in [-0.3, -0.25) is 4.79 Å². The fourth-order valence-electron chi connectivity index (χ4n) is 2.23. The smallest absolute Gasteiger partial charge is 0.241 e. The van der Waals surface area contributed by atoms with Gasteiger partial charge in [-0.25, -0.2) is 22.2 Å². The molecular formula is C13H13ClFN5O3S. The van der Waals surface area contributed by atoms with Crippen molar-refractivity contribution < 1.29 is 17.6 Å². The Morgan fingerprint density at radius 3 is 2.79 bits per heavy atom. The highest BCUT2D eigenvalue weighted by Gasteiger charge is 2.32. The Kier molecular flexibility index (Phi) is 4.52. The highest BCUT2D eigenvalue weighted by atomic mass is 35.5. The summed E-state index contributed by atoms with van der Waals surface area (Å²) in [4.78, 5) is 13.3. The summed E-state index contributed by atoms with van der Waals surface area (Å²) < 4.78 is 41.1. The van der Waals surface area contributed by atoms with E-state index in [2.05, 4.69) is 15.0 Å². The molecule has 24 heavy (non-hydrogen) atoms. The van der Waals surface area contributed by atoms with Crippen molar-refractivity contribution in [2.75, 3.05) is 19.6 Å². The van der Waals surface area contributed by atoms with Crippen molar-refractivity contribution in [2.45, 2.75) is 10.9 Å². The number of rotatable bonds is 5. The van der Waals surface area contributed by atoms with Gasteiger partial charge < -0.3 is 4.90 Å². The number of sulfonamides is 1. The molecule has 1 amide bonds. The molecular weight excluding hydrogens is 361 g/mol. The van der Waals surface area contributed by atoms with E-state index < -0.39 is 15.8 Å². The number of hydrogen-bond donors (Lipinski definition) is 1. The van der Waals surface area contributed by atoms with Gasteiger partial charge in [0, 0.05) is 19.3 Å². The van der Waals surface area contributed by atoms with E-state index in [1.54, 1.807) is 17.1 Å². The van der Waals surface area contributed by atoms with E-state index in [-0.39, 0.29) is 28.4 Å². The maximum Gasteiger partial charge on any atom is 0.241 e. The number of nitrogens with zero attached hydrogens (tertiary/aromatic N) is 4. The standard InChI is InChI=1S/C13H13ClFN5O3S/c14-11-5-10(1-2-12(11)15)24(22,23)17-6-13(21)19-7-9(8-19)20-4-3-16-18-20/h1-5,9,17H,6-8H2. The van der Waals surface area contributed by atoms with Gasteiger partial charge in [0.05, 0.1) is 28.7 Å². The topological polar surface area (TPSA) is 97.2 Å². The second kappa shape index (κ2) is 6.46. The third-order valence-corrected chi connectivity index (χ3v) is 5.33.